The van der Waals surface area contributed by atoms with Crippen molar-refractivity contribution in [2.75, 3.05) is 0 Å². The summed E-state index contributed by atoms with van der Waals surface area (Å²) in [5.41, 5.74) is 1.33. The lowest BCUT2D eigenvalue weighted by Crippen LogP contribution is -2.53. The van der Waals surface area contributed by atoms with Gasteiger partial charge in [-0.15, -0.1) is 0 Å². The van der Waals surface area contributed by atoms with Gasteiger partial charge < -0.3 is 4.74 Å². The first-order chi connectivity index (χ1) is 10.5. The van der Waals surface area contributed by atoms with E-state index in [1.54, 1.807) is 0 Å². The number of ketones is 2. The summed E-state index contributed by atoms with van der Waals surface area (Å²) in [5, 5.41) is 0. The van der Waals surface area contributed by atoms with Crippen LogP contribution in [0.15, 0.2) is 11.6 Å². The number of carbonyl (C=O) groups excluding carboxylic acids is 2. The van der Waals surface area contributed by atoms with Gasteiger partial charge >= 0.3 is 0 Å². The van der Waals surface area contributed by atoms with Gasteiger partial charge in [-0.3, -0.25) is 9.59 Å². The summed E-state index contributed by atoms with van der Waals surface area (Å²) in [6.07, 6.45) is 8.06. The zero-order valence-corrected chi connectivity index (χ0v) is 13.4. The maximum Gasteiger partial charge on any atom is 0.187 e. The fraction of sp³-hybridized carbons (Fsp3) is 0.789. The van der Waals surface area contributed by atoms with Crippen LogP contribution in [0.1, 0.15) is 52.4 Å². The zero-order chi connectivity index (χ0) is 15.3. The van der Waals surface area contributed by atoms with E-state index in [4.69, 9.17) is 4.74 Å². The molecule has 0 N–H and O–H groups in total. The van der Waals surface area contributed by atoms with Gasteiger partial charge in [-0.1, -0.05) is 19.4 Å². The van der Waals surface area contributed by atoms with Crippen LogP contribution >= 0.6 is 0 Å². The average Bonchev–Trinajstić information content (AvgIpc) is 3.24. The molecule has 1 saturated heterocycles. The third-order valence-corrected chi connectivity index (χ3v) is 8.03. The molecule has 7 atom stereocenters. The van der Waals surface area contributed by atoms with Crippen molar-refractivity contribution in [1.82, 2.24) is 0 Å². The van der Waals surface area contributed by atoms with Gasteiger partial charge in [0.05, 0.1) is 0 Å². The number of rotatable bonds is 0. The molecular formula is C19H24O3. The Balaban J connectivity index is 1.56. The first kappa shape index (κ1) is 13.5. The molecule has 4 aliphatic carbocycles. The number of fused-ring (bicyclic) bond motifs is 7. The highest BCUT2D eigenvalue weighted by Crippen LogP contribution is 2.66. The second-order valence-electron chi connectivity index (χ2n) is 8.67. The molecule has 0 unspecified atom stereocenters. The Hall–Kier alpha value is -0.960. The molecule has 5 rings (SSSR count). The molecule has 0 aromatic carbocycles. The molecule has 0 amide bonds. The lowest BCUT2D eigenvalue weighted by molar-refractivity contribution is -0.132. The van der Waals surface area contributed by atoms with Crippen LogP contribution in [-0.4, -0.2) is 23.8 Å². The highest BCUT2D eigenvalue weighted by molar-refractivity contribution is 5.98. The summed E-state index contributed by atoms with van der Waals surface area (Å²) in [6, 6.07) is 0. The SMILES string of the molecule is C[C@@]12C(=CC(=O)[C@@H]3O[C@@H]31)CC[C@@H]1[C@@H]2CC[C@]2(C)C(=O)CC[C@@H]12. The van der Waals surface area contributed by atoms with E-state index in [-0.39, 0.29) is 28.8 Å². The van der Waals surface area contributed by atoms with Crippen LogP contribution in [0.25, 0.3) is 0 Å². The lowest BCUT2D eigenvalue weighted by Gasteiger charge is -2.56. The Kier molecular flexibility index (Phi) is 2.40. The van der Waals surface area contributed by atoms with Gasteiger partial charge in [0.15, 0.2) is 5.78 Å². The van der Waals surface area contributed by atoms with Crippen molar-refractivity contribution in [3.05, 3.63) is 11.6 Å². The van der Waals surface area contributed by atoms with E-state index in [0.717, 1.165) is 38.5 Å². The van der Waals surface area contributed by atoms with Gasteiger partial charge in [0.2, 0.25) is 0 Å². The fourth-order valence-corrected chi connectivity index (χ4v) is 6.70. The van der Waals surface area contributed by atoms with Crippen LogP contribution in [0.5, 0.6) is 0 Å². The van der Waals surface area contributed by atoms with E-state index >= 15 is 0 Å². The van der Waals surface area contributed by atoms with Crippen LogP contribution < -0.4 is 0 Å². The van der Waals surface area contributed by atoms with Gasteiger partial charge in [0.25, 0.3) is 0 Å². The molecule has 0 aromatic rings. The second kappa shape index (κ2) is 3.92. The van der Waals surface area contributed by atoms with Crippen molar-refractivity contribution in [3.8, 4) is 0 Å². The number of ether oxygens (including phenoxy) is 1. The van der Waals surface area contributed by atoms with Crippen molar-refractivity contribution in [3.63, 3.8) is 0 Å². The fourth-order valence-electron chi connectivity index (χ4n) is 6.70. The average molecular weight is 300 g/mol. The summed E-state index contributed by atoms with van der Waals surface area (Å²) < 4.78 is 5.80. The molecule has 0 spiro atoms. The lowest BCUT2D eigenvalue weighted by atomic mass is 9.47. The maximum atomic E-state index is 12.4. The molecule has 0 aromatic heterocycles. The van der Waals surface area contributed by atoms with Crippen LogP contribution in [0, 0.1) is 28.6 Å². The predicted octanol–water partition coefficient (Wildman–Crippen LogP) is 3.07. The molecule has 0 radical (unpaired) electrons. The van der Waals surface area contributed by atoms with Crippen LogP contribution in [0.4, 0.5) is 0 Å². The van der Waals surface area contributed by atoms with Crippen molar-refractivity contribution in [2.24, 2.45) is 28.6 Å². The Bertz CT molecular complexity index is 620. The van der Waals surface area contributed by atoms with Crippen LogP contribution in [0.3, 0.4) is 0 Å². The van der Waals surface area contributed by atoms with E-state index in [2.05, 4.69) is 13.8 Å². The highest BCUT2D eigenvalue weighted by Gasteiger charge is 2.67. The van der Waals surface area contributed by atoms with Crippen molar-refractivity contribution in [2.45, 2.75) is 64.6 Å². The largest absolute Gasteiger partial charge is 0.360 e. The number of hydrogen-bond donors (Lipinski definition) is 0. The van der Waals surface area contributed by atoms with E-state index in [1.807, 2.05) is 6.08 Å². The van der Waals surface area contributed by atoms with Crippen molar-refractivity contribution < 1.29 is 14.3 Å². The molecule has 1 aliphatic heterocycles. The van der Waals surface area contributed by atoms with Crippen LogP contribution in [0.2, 0.25) is 0 Å². The van der Waals surface area contributed by atoms with Gasteiger partial charge in [-0.05, 0) is 55.9 Å². The summed E-state index contributed by atoms with van der Waals surface area (Å²) in [7, 11) is 0. The number of hydrogen-bond acceptors (Lipinski definition) is 3. The topological polar surface area (TPSA) is 46.7 Å². The Labute approximate surface area is 131 Å². The molecule has 118 valence electrons. The first-order valence-corrected chi connectivity index (χ1v) is 8.90. The second-order valence-corrected chi connectivity index (χ2v) is 8.67. The Morgan fingerprint density at radius 1 is 1.09 bits per heavy atom. The maximum absolute atomic E-state index is 12.4. The monoisotopic (exact) mass is 300 g/mol. The molecule has 0 bridgehead atoms. The number of epoxide rings is 1. The van der Waals surface area contributed by atoms with Gasteiger partial charge in [0.1, 0.15) is 18.0 Å². The Morgan fingerprint density at radius 2 is 1.91 bits per heavy atom. The van der Waals surface area contributed by atoms with Crippen molar-refractivity contribution in [1.29, 1.82) is 0 Å². The van der Waals surface area contributed by atoms with Crippen molar-refractivity contribution >= 4 is 11.6 Å². The predicted molar refractivity (Wildman–Crippen MR) is 81.1 cm³/mol. The van der Waals surface area contributed by atoms with E-state index < -0.39 is 0 Å². The minimum absolute atomic E-state index is 0.0501. The third kappa shape index (κ3) is 1.38. The van der Waals surface area contributed by atoms with Crippen LogP contribution in [-0.2, 0) is 14.3 Å². The summed E-state index contributed by atoms with van der Waals surface area (Å²) in [6.45, 7) is 4.56. The molecular weight excluding hydrogens is 276 g/mol. The molecule has 22 heavy (non-hydrogen) atoms. The minimum Gasteiger partial charge on any atom is -0.360 e. The quantitative estimate of drug-likeness (QED) is 0.646. The molecule has 3 nitrogen and oxygen atoms in total. The summed E-state index contributed by atoms with van der Waals surface area (Å²) in [4.78, 5) is 24.4. The molecule has 1 heterocycles. The summed E-state index contributed by atoms with van der Waals surface area (Å²) >= 11 is 0. The minimum atomic E-state index is -0.161. The van der Waals surface area contributed by atoms with Gasteiger partial charge in [-0.2, -0.15) is 0 Å². The third-order valence-electron chi connectivity index (χ3n) is 8.03. The molecule has 5 aliphatic rings. The van der Waals surface area contributed by atoms with Gasteiger partial charge in [-0.25, -0.2) is 0 Å². The standard InChI is InChI=1S/C19H24O3/c1-18-8-7-13-11(12(18)5-6-15(18)21)4-3-10-9-14(20)16-17(22-16)19(10,13)2/h9,11-13,16-17H,3-8H2,1-2H3/t11-,12-,13-,16-,17-,18-,19-/m0/s1. The number of Topliss-reactive ketones (excluding diaryl/α,β-unsaturated/α-hetero) is 1. The van der Waals surface area contributed by atoms with Gasteiger partial charge in [0, 0.05) is 17.3 Å². The smallest absolute Gasteiger partial charge is 0.187 e. The van der Waals surface area contributed by atoms with E-state index in [9.17, 15) is 9.59 Å². The molecule has 4 fully saturated rings. The van der Waals surface area contributed by atoms with E-state index in [1.165, 1.54) is 5.57 Å². The Morgan fingerprint density at radius 3 is 2.73 bits per heavy atom. The van der Waals surface area contributed by atoms with E-state index in [0.29, 0.717) is 23.5 Å². The number of carbonyl (C=O) groups is 2. The summed E-state index contributed by atoms with van der Waals surface area (Å²) in [5.74, 6) is 2.49. The molecule has 3 saturated carbocycles. The highest BCUT2D eigenvalue weighted by atomic mass is 16.6. The zero-order valence-electron chi connectivity index (χ0n) is 13.4. The first-order valence-electron chi connectivity index (χ1n) is 8.90. The molecule has 3 heteroatoms. The normalized spacial score (nSPS) is 55.7.